The topological polar surface area (TPSA) is 73.6 Å². The van der Waals surface area contributed by atoms with Crippen LogP contribution in [-0.4, -0.2) is 27.7 Å². The van der Waals surface area contributed by atoms with Crippen LogP contribution in [0.4, 0.5) is 0 Å². The van der Waals surface area contributed by atoms with Gasteiger partial charge in [-0.05, 0) is 25.1 Å². The summed E-state index contributed by atoms with van der Waals surface area (Å²) in [6.45, 7) is 1.77. The van der Waals surface area contributed by atoms with Crippen LogP contribution in [0, 0.1) is 0 Å². The Kier molecular flexibility index (Phi) is 6.03. The number of carbonyl (C=O) groups is 1. The number of halogens is 3. The van der Waals surface area contributed by atoms with Gasteiger partial charge in [0.05, 0.1) is 33.2 Å². The summed E-state index contributed by atoms with van der Waals surface area (Å²) in [7, 11) is 1.30. The van der Waals surface area contributed by atoms with Gasteiger partial charge in [-0.3, -0.25) is 4.57 Å². The molecule has 6 nitrogen and oxygen atoms in total. The average Bonchev–Trinajstić information content (AvgIpc) is 3.33. The van der Waals surface area contributed by atoms with Gasteiger partial charge in [-0.2, -0.15) is 0 Å². The number of benzene rings is 2. The van der Waals surface area contributed by atoms with Crippen molar-refractivity contribution in [2.75, 3.05) is 7.11 Å². The molecule has 0 fully saturated rings. The molecular weight excluding hydrogens is 483 g/mol. The SMILES string of the molecule is COC(=O)c1sc(-n2cnc3cc(Cl)c(Cl)cc32)cc1O[C@H](C)c1cccc(O)c1Cl. The van der Waals surface area contributed by atoms with Crippen molar-refractivity contribution >= 4 is 63.1 Å². The van der Waals surface area contributed by atoms with Gasteiger partial charge in [-0.1, -0.05) is 46.9 Å². The fourth-order valence-electron chi connectivity index (χ4n) is 3.09. The molecule has 0 spiro atoms. The summed E-state index contributed by atoms with van der Waals surface area (Å²) in [6.07, 6.45) is 1.07. The van der Waals surface area contributed by atoms with Gasteiger partial charge in [-0.25, -0.2) is 9.78 Å². The molecule has 2 aromatic carbocycles. The molecule has 2 aromatic heterocycles. The van der Waals surface area contributed by atoms with Crippen LogP contribution >= 0.6 is 46.1 Å². The molecule has 2 heterocycles. The highest BCUT2D eigenvalue weighted by atomic mass is 35.5. The Morgan fingerprint density at radius 1 is 1.19 bits per heavy atom. The summed E-state index contributed by atoms with van der Waals surface area (Å²) >= 11 is 19.7. The van der Waals surface area contributed by atoms with E-state index in [1.165, 1.54) is 24.5 Å². The van der Waals surface area contributed by atoms with E-state index >= 15 is 0 Å². The Morgan fingerprint density at radius 2 is 1.94 bits per heavy atom. The number of ether oxygens (including phenoxy) is 2. The first-order chi connectivity index (χ1) is 14.8. The maximum atomic E-state index is 12.4. The Bertz CT molecular complexity index is 1300. The summed E-state index contributed by atoms with van der Waals surface area (Å²) < 4.78 is 12.8. The second-order valence-corrected chi connectivity index (χ2v) is 8.80. The normalized spacial score (nSPS) is 12.2. The molecule has 0 bridgehead atoms. The van der Waals surface area contributed by atoms with E-state index in [1.807, 2.05) is 0 Å². The van der Waals surface area contributed by atoms with E-state index in [-0.39, 0.29) is 15.6 Å². The number of thiophene rings is 1. The number of esters is 1. The number of imidazole rings is 1. The van der Waals surface area contributed by atoms with Crippen LogP contribution in [0.3, 0.4) is 0 Å². The third-order valence-electron chi connectivity index (χ3n) is 4.63. The van der Waals surface area contributed by atoms with Crippen LogP contribution in [0.25, 0.3) is 16.0 Å². The third kappa shape index (κ3) is 4.06. The Morgan fingerprint density at radius 3 is 2.68 bits per heavy atom. The van der Waals surface area contributed by atoms with Gasteiger partial charge in [0.15, 0.2) is 4.88 Å². The number of rotatable bonds is 5. The number of carbonyl (C=O) groups excluding carboxylic acids is 1. The number of phenolic OH excluding ortho intramolecular Hbond substituents is 1. The van der Waals surface area contributed by atoms with Gasteiger partial charge in [0.1, 0.15) is 28.9 Å². The first kappa shape index (κ1) is 21.8. The van der Waals surface area contributed by atoms with Crippen molar-refractivity contribution in [2.45, 2.75) is 13.0 Å². The number of aromatic nitrogens is 2. The zero-order valence-corrected chi connectivity index (χ0v) is 19.3. The van der Waals surface area contributed by atoms with Crippen LogP contribution in [0.1, 0.15) is 28.3 Å². The second kappa shape index (κ2) is 8.59. The van der Waals surface area contributed by atoms with Crippen molar-refractivity contribution < 1.29 is 19.4 Å². The van der Waals surface area contributed by atoms with Gasteiger partial charge in [0.25, 0.3) is 0 Å². The van der Waals surface area contributed by atoms with Gasteiger partial charge in [0, 0.05) is 11.6 Å². The van der Waals surface area contributed by atoms with E-state index in [9.17, 15) is 9.90 Å². The molecule has 10 heteroatoms. The average molecular weight is 498 g/mol. The maximum Gasteiger partial charge on any atom is 0.351 e. The number of aromatic hydroxyl groups is 1. The van der Waals surface area contributed by atoms with Crippen LogP contribution in [0.15, 0.2) is 42.7 Å². The first-order valence-electron chi connectivity index (χ1n) is 8.98. The lowest BCUT2D eigenvalue weighted by Gasteiger charge is -2.16. The van der Waals surface area contributed by atoms with Crippen molar-refractivity contribution in [3.8, 4) is 16.5 Å². The molecule has 0 aliphatic rings. The maximum absolute atomic E-state index is 12.4. The van der Waals surface area contributed by atoms with Gasteiger partial charge >= 0.3 is 5.97 Å². The molecular formula is C21H15Cl3N2O4S. The van der Waals surface area contributed by atoms with Crippen LogP contribution in [0.2, 0.25) is 15.1 Å². The predicted molar refractivity (Wildman–Crippen MR) is 122 cm³/mol. The fraction of sp³-hybridized carbons (Fsp3) is 0.143. The molecule has 0 radical (unpaired) electrons. The molecule has 0 saturated carbocycles. The molecule has 4 rings (SSSR count). The molecule has 0 amide bonds. The second-order valence-electron chi connectivity index (χ2n) is 6.58. The summed E-state index contributed by atoms with van der Waals surface area (Å²) in [5.74, 6) is -0.263. The van der Waals surface area contributed by atoms with Crippen molar-refractivity contribution in [2.24, 2.45) is 0 Å². The van der Waals surface area contributed by atoms with E-state index in [1.54, 1.807) is 48.1 Å². The highest BCUT2D eigenvalue weighted by Crippen LogP contribution is 2.39. The summed E-state index contributed by atoms with van der Waals surface area (Å²) in [5.41, 5.74) is 1.97. The molecule has 1 N–H and O–H groups in total. The fourth-order valence-corrected chi connectivity index (χ4v) is 4.68. The summed E-state index contributed by atoms with van der Waals surface area (Å²) in [6, 6.07) is 10.00. The summed E-state index contributed by atoms with van der Waals surface area (Å²) in [5, 5.41) is 11.5. The van der Waals surface area contributed by atoms with Gasteiger partial charge in [-0.15, -0.1) is 11.3 Å². The van der Waals surface area contributed by atoms with E-state index < -0.39 is 12.1 Å². The lowest BCUT2D eigenvalue weighted by atomic mass is 10.1. The minimum absolute atomic E-state index is 0.0470. The summed E-state index contributed by atoms with van der Waals surface area (Å²) in [4.78, 5) is 17.0. The minimum Gasteiger partial charge on any atom is -0.506 e. The zero-order valence-electron chi connectivity index (χ0n) is 16.2. The smallest absolute Gasteiger partial charge is 0.351 e. The first-order valence-corrected chi connectivity index (χ1v) is 10.9. The van der Waals surface area contributed by atoms with Gasteiger partial charge < -0.3 is 14.6 Å². The molecule has 1 atom stereocenters. The van der Waals surface area contributed by atoms with E-state index in [4.69, 9.17) is 44.3 Å². The quantitative estimate of drug-likeness (QED) is 0.311. The lowest BCUT2D eigenvalue weighted by Crippen LogP contribution is -2.07. The number of hydrogen-bond acceptors (Lipinski definition) is 6. The van der Waals surface area contributed by atoms with Crippen LogP contribution < -0.4 is 4.74 Å². The highest BCUT2D eigenvalue weighted by Gasteiger charge is 2.23. The van der Waals surface area contributed by atoms with Crippen molar-refractivity contribution in [1.29, 1.82) is 0 Å². The number of fused-ring (bicyclic) bond motifs is 1. The van der Waals surface area contributed by atoms with Crippen LogP contribution in [-0.2, 0) is 4.74 Å². The Labute approximate surface area is 196 Å². The molecule has 4 aromatic rings. The largest absolute Gasteiger partial charge is 0.506 e. The molecule has 0 unspecified atom stereocenters. The zero-order chi connectivity index (χ0) is 22.3. The number of hydrogen-bond donors (Lipinski definition) is 1. The van der Waals surface area contributed by atoms with E-state index in [0.717, 1.165) is 5.52 Å². The van der Waals surface area contributed by atoms with Crippen molar-refractivity contribution in [3.63, 3.8) is 0 Å². The predicted octanol–water partition coefficient (Wildman–Crippen LogP) is 6.68. The van der Waals surface area contributed by atoms with Crippen LogP contribution in [0.5, 0.6) is 11.5 Å². The molecule has 0 aliphatic heterocycles. The van der Waals surface area contributed by atoms with Crippen molar-refractivity contribution in [1.82, 2.24) is 9.55 Å². The van der Waals surface area contributed by atoms with E-state index in [2.05, 4.69) is 4.98 Å². The minimum atomic E-state index is -0.543. The van der Waals surface area contributed by atoms with Gasteiger partial charge in [0.2, 0.25) is 0 Å². The monoisotopic (exact) mass is 496 g/mol. The Balaban J connectivity index is 1.77. The molecule has 0 aliphatic carbocycles. The number of phenols is 1. The van der Waals surface area contributed by atoms with Crippen molar-refractivity contribution in [3.05, 3.63) is 68.2 Å². The van der Waals surface area contributed by atoms with E-state index in [0.29, 0.717) is 31.9 Å². The molecule has 0 saturated heterocycles. The number of nitrogens with zero attached hydrogens (tertiary/aromatic N) is 2. The number of methoxy groups -OCH3 is 1. The molecule has 31 heavy (non-hydrogen) atoms. The molecule has 160 valence electrons. The standard InChI is InChI=1S/C21H15Cl3N2O4S/c1-10(11-4-3-5-16(27)19(11)24)30-17-8-18(31-20(17)21(28)29-2)26-9-25-14-6-12(22)13(23)7-15(14)26/h3-10,27H,1-2H3/t10-/m1/s1. The third-order valence-corrected chi connectivity index (χ3v) is 6.86. The Hall–Kier alpha value is -2.45. The highest BCUT2D eigenvalue weighted by molar-refractivity contribution is 7.16. The lowest BCUT2D eigenvalue weighted by molar-refractivity contribution is 0.0600.